The van der Waals surface area contributed by atoms with Gasteiger partial charge in [0.15, 0.2) is 0 Å². The van der Waals surface area contributed by atoms with Crippen LogP contribution in [0.5, 0.6) is 0 Å². The van der Waals surface area contributed by atoms with Crippen LogP contribution in [-0.2, 0) is 33.6 Å². The van der Waals surface area contributed by atoms with Crippen molar-refractivity contribution in [1.29, 1.82) is 0 Å². The number of carbonyl (C=O) groups is 2. The van der Waals surface area contributed by atoms with Gasteiger partial charge in [-0.25, -0.2) is 0 Å². The molecule has 0 saturated heterocycles. The molecule has 0 aliphatic heterocycles. The molecule has 0 N–H and O–H groups in total. The van der Waals surface area contributed by atoms with Crippen LogP contribution in [-0.4, -0.2) is 18.4 Å². The van der Waals surface area contributed by atoms with E-state index in [0.717, 1.165) is 18.4 Å². The molecular weight excluding hydrogens is 228 g/mol. The standard InChI is InChI=1S/C15H18O3/c1-2-18-15(17)10-14(16)9-11-6-7-12-4-3-5-13(12)8-11/h6-8H,2-5,9-10H2,1H3. The van der Waals surface area contributed by atoms with E-state index in [0.29, 0.717) is 13.0 Å². The smallest absolute Gasteiger partial charge is 0.313 e. The van der Waals surface area contributed by atoms with E-state index in [1.165, 1.54) is 17.5 Å². The zero-order valence-electron chi connectivity index (χ0n) is 10.7. The normalized spacial score (nSPS) is 13.2. The molecule has 0 heterocycles. The molecule has 1 aromatic rings. The fourth-order valence-corrected chi connectivity index (χ4v) is 2.40. The summed E-state index contributed by atoms with van der Waals surface area (Å²) in [5.74, 6) is -0.505. The average Bonchev–Trinajstić information content (AvgIpc) is 2.76. The number of benzene rings is 1. The Hall–Kier alpha value is -1.64. The first kappa shape index (κ1) is 12.8. The van der Waals surface area contributed by atoms with Crippen LogP contribution >= 0.6 is 0 Å². The van der Waals surface area contributed by atoms with Gasteiger partial charge in [0.05, 0.1) is 6.61 Å². The number of fused-ring (bicyclic) bond motifs is 1. The third-order valence-corrected chi connectivity index (χ3v) is 3.21. The van der Waals surface area contributed by atoms with Gasteiger partial charge in [-0.15, -0.1) is 0 Å². The van der Waals surface area contributed by atoms with Crippen LogP contribution in [0.15, 0.2) is 18.2 Å². The fourth-order valence-electron chi connectivity index (χ4n) is 2.40. The minimum atomic E-state index is -0.427. The number of Topliss-reactive ketones (excluding diaryl/α,β-unsaturated/α-hetero) is 1. The van der Waals surface area contributed by atoms with Crippen molar-refractivity contribution in [3.8, 4) is 0 Å². The Morgan fingerprint density at radius 2 is 2.00 bits per heavy atom. The highest BCUT2D eigenvalue weighted by molar-refractivity contribution is 5.96. The molecular formula is C15H18O3. The van der Waals surface area contributed by atoms with E-state index in [1.54, 1.807) is 6.92 Å². The number of rotatable bonds is 5. The predicted octanol–water partition coefficient (Wildman–Crippen LogP) is 2.24. The maximum Gasteiger partial charge on any atom is 0.313 e. The molecule has 3 nitrogen and oxygen atoms in total. The molecule has 0 radical (unpaired) electrons. The summed E-state index contributed by atoms with van der Waals surface area (Å²) in [6, 6.07) is 6.20. The zero-order chi connectivity index (χ0) is 13.0. The number of ether oxygens (including phenoxy) is 1. The Balaban J connectivity index is 1.93. The van der Waals surface area contributed by atoms with Crippen LogP contribution < -0.4 is 0 Å². The maximum atomic E-state index is 11.7. The quantitative estimate of drug-likeness (QED) is 0.591. The SMILES string of the molecule is CCOC(=O)CC(=O)Cc1ccc2c(c1)CCC2. The topological polar surface area (TPSA) is 43.4 Å². The van der Waals surface area contributed by atoms with Crippen LogP contribution in [0, 0.1) is 0 Å². The minimum absolute atomic E-state index is 0.0774. The first-order chi connectivity index (χ1) is 8.69. The fraction of sp³-hybridized carbons (Fsp3) is 0.467. The van der Waals surface area contributed by atoms with E-state index in [4.69, 9.17) is 4.74 Å². The minimum Gasteiger partial charge on any atom is -0.466 e. The highest BCUT2D eigenvalue weighted by Gasteiger charge is 2.14. The Labute approximate surface area is 107 Å². The highest BCUT2D eigenvalue weighted by atomic mass is 16.5. The monoisotopic (exact) mass is 246 g/mol. The molecule has 0 saturated carbocycles. The molecule has 3 heteroatoms. The molecule has 1 aromatic carbocycles. The van der Waals surface area contributed by atoms with Crippen molar-refractivity contribution in [3.63, 3.8) is 0 Å². The second kappa shape index (κ2) is 5.80. The highest BCUT2D eigenvalue weighted by Crippen LogP contribution is 2.23. The molecule has 96 valence electrons. The van der Waals surface area contributed by atoms with Crippen molar-refractivity contribution in [3.05, 3.63) is 34.9 Å². The molecule has 0 fully saturated rings. The molecule has 0 unspecified atom stereocenters. The predicted molar refractivity (Wildman–Crippen MR) is 68.4 cm³/mol. The Kier molecular flexibility index (Phi) is 4.13. The molecule has 1 aliphatic rings. The van der Waals surface area contributed by atoms with Gasteiger partial charge in [-0.05, 0) is 42.9 Å². The van der Waals surface area contributed by atoms with Gasteiger partial charge in [-0.3, -0.25) is 9.59 Å². The lowest BCUT2D eigenvalue weighted by molar-refractivity contribution is -0.145. The summed E-state index contributed by atoms with van der Waals surface area (Å²) < 4.78 is 4.76. The molecule has 0 amide bonds. The van der Waals surface area contributed by atoms with Crippen LogP contribution in [0.25, 0.3) is 0 Å². The summed E-state index contributed by atoms with van der Waals surface area (Å²) in [5, 5.41) is 0. The Morgan fingerprint density at radius 1 is 1.22 bits per heavy atom. The van der Waals surface area contributed by atoms with Crippen LogP contribution in [0.4, 0.5) is 0 Å². The van der Waals surface area contributed by atoms with Crippen molar-refractivity contribution in [2.45, 2.75) is 39.0 Å². The molecule has 0 atom stereocenters. The third-order valence-electron chi connectivity index (χ3n) is 3.21. The van der Waals surface area contributed by atoms with E-state index in [1.807, 2.05) is 6.07 Å². The van der Waals surface area contributed by atoms with Crippen molar-refractivity contribution >= 4 is 11.8 Å². The van der Waals surface area contributed by atoms with E-state index < -0.39 is 5.97 Å². The lowest BCUT2D eigenvalue weighted by Crippen LogP contribution is -2.13. The number of hydrogen-bond acceptors (Lipinski definition) is 3. The molecule has 0 spiro atoms. The van der Waals surface area contributed by atoms with Gasteiger partial charge in [0.2, 0.25) is 0 Å². The largest absolute Gasteiger partial charge is 0.466 e. The van der Waals surface area contributed by atoms with Gasteiger partial charge in [-0.1, -0.05) is 18.2 Å². The average molecular weight is 246 g/mol. The van der Waals surface area contributed by atoms with Crippen LogP contribution in [0.1, 0.15) is 36.5 Å². The number of carbonyl (C=O) groups excluding carboxylic acids is 2. The summed E-state index contributed by atoms with van der Waals surface area (Å²) in [5.41, 5.74) is 3.76. The van der Waals surface area contributed by atoms with Gasteiger partial charge < -0.3 is 4.74 Å². The number of esters is 1. The summed E-state index contributed by atoms with van der Waals surface area (Å²) in [4.78, 5) is 22.9. The summed E-state index contributed by atoms with van der Waals surface area (Å²) >= 11 is 0. The Morgan fingerprint density at radius 3 is 2.78 bits per heavy atom. The first-order valence-corrected chi connectivity index (χ1v) is 6.47. The lowest BCUT2D eigenvalue weighted by atomic mass is 10.0. The lowest BCUT2D eigenvalue weighted by Gasteiger charge is -2.04. The number of hydrogen-bond donors (Lipinski definition) is 0. The third kappa shape index (κ3) is 3.19. The van der Waals surface area contributed by atoms with Crippen molar-refractivity contribution in [2.75, 3.05) is 6.61 Å². The van der Waals surface area contributed by atoms with Gasteiger partial charge >= 0.3 is 5.97 Å². The van der Waals surface area contributed by atoms with Crippen molar-refractivity contribution in [1.82, 2.24) is 0 Å². The molecule has 0 bridgehead atoms. The Bertz CT molecular complexity index is 463. The van der Waals surface area contributed by atoms with Crippen molar-refractivity contribution < 1.29 is 14.3 Å². The van der Waals surface area contributed by atoms with E-state index in [-0.39, 0.29) is 12.2 Å². The molecule has 18 heavy (non-hydrogen) atoms. The second-order valence-electron chi connectivity index (χ2n) is 4.65. The van der Waals surface area contributed by atoms with Gasteiger partial charge in [0, 0.05) is 6.42 Å². The maximum absolute atomic E-state index is 11.7. The van der Waals surface area contributed by atoms with Gasteiger partial charge in [-0.2, -0.15) is 0 Å². The van der Waals surface area contributed by atoms with E-state index in [2.05, 4.69) is 12.1 Å². The second-order valence-corrected chi connectivity index (χ2v) is 4.65. The van der Waals surface area contributed by atoms with E-state index >= 15 is 0 Å². The molecule has 0 aromatic heterocycles. The van der Waals surface area contributed by atoms with Gasteiger partial charge in [0.25, 0.3) is 0 Å². The summed E-state index contributed by atoms with van der Waals surface area (Å²) in [6.45, 7) is 2.06. The summed E-state index contributed by atoms with van der Waals surface area (Å²) in [6.07, 6.45) is 3.66. The van der Waals surface area contributed by atoms with Crippen molar-refractivity contribution in [2.24, 2.45) is 0 Å². The number of aryl methyl sites for hydroxylation is 2. The summed E-state index contributed by atoms with van der Waals surface area (Å²) in [7, 11) is 0. The van der Waals surface area contributed by atoms with Crippen LogP contribution in [0.3, 0.4) is 0 Å². The first-order valence-electron chi connectivity index (χ1n) is 6.47. The zero-order valence-corrected chi connectivity index (χ0v) is 10.7. The molecule has 2 rings (SSSR count). The van der Waals surface area contributed by atoms with E-state index in [9.17, 15) is 9.59 Å². The number of ketones is 1. The van der Waals surface area contributed by atoms with Crippen LogP contribution in [0.2, 0.25) is 0 Å². The molecule has 1 aliphatic carbocycles. The van der Waals surface area contributed by atoms with Gasteiger partial charge in [0.1, 0.15) is 12.2 Å².